The Morgan fingerprint density at radius 3 is 2.30 bits per heavy atom. The summed E-state index contributed by atoms with van der Waals surface area (Å²) in [5.74, 6) is 1.09. The zero-order chi connectivity index (χ0) is 15.1. The first-order valence-electron chi connectivity index (χ1n) is 6.76. The smallest absolute Gasteiger partial charge is 0.178 e. The van der Waals surface area contributed by atoms with E-state index in [1.54, 1.807) is 19.2 Å². The van der Waals surface area contributed by atoms with Crippen LogP contribution in [-0.2, 0) is 0 Å². The number of methoxy groups -OCH3 is 1. The lowest BCUT2D eigenvalue weighted by Crippen LogP contribution is -2.72. The number of rotatable bonds is 3. The molecule has 0 bridgehead atoms. The number of nitrogens with zero attached hydrogens (tertiary/aromatic N) is 1. The predicted molar refractivity (Wildman–Crippen MR) is 77.7 cm³/mol. The molecule has 0 saturated heterocycles. The fraction of sp³-hybridized carbons (Fsp3) is 0.562. The maximum absolute atomic E-state index is 9.12. The van der Waals surface area contributed by atoms with Crippen molar-refractivity contribution >= 4 is 0 Å². The van der Waals surface area contributed by atoms with Gasteiger partial charge in [0, 0.05) is 16.9 Å². The molecule has 4 heteroatoms. The third-order valence-corrected chi connectivity index (χ3v) is 4.50. The zero-order valence-electron chi connectivity index (χ0n) is 12.7. The van der Waals surface area contributed by atoms with Crippen LogP contribution in [0.5, 0.6) is 11.5 Å². The summed E-state index contributed by atoms with van der Waals surface area (Å²) in [6, 6.07) is 7.54. The summed E-state index contributed by atoms with van der Waals surface area (Å²) >= 11 is 0. The highest BCUT2D eigenvalue weighted by Crippen LogP contribution is 2.55. The largest absolute Gasteiger partial charge is 0.492 e. The van der Waals surface area contributed by atoms with Crippen molar-refractivity contribution < 1.29 is 9.47 Å². The molecule has 4 nitrogen and oxygen atoms in total. The first kappa shape index (κ1) is 14.7. The molecule has 1 aliphatic rings. The second kappa shape index (κ2) is 4.68. The molecule has 1 aromatic carbocycles. The molecule has 1 saturated carbocycles. The van der Waals surface area contributed by atoms with Crippen molar-refractivity contribution in [3.05, 3.63) is 23.8 Å². The van der Waals surface area contributed by atoms with E-state index in [0.29, 0.717) is 17.1 Å². The number of hydrogen-bond donors (Lipinski definition) is 1. The van der Waals surface area contributed by atoms with Gasteiger partial charge < -0.3 is 15.2 Å². The lowest BCUT2D eigenvalue weighted by atomic mass is 9.50. The molecule has 0 amide bonds. The molecule has 108 valence electrons. The Labute approximate surface area is 120 Å². The second-order valence-electron chi connectivity index (χ2n) is 6.57. The molecule has 1 aromatic rings. The van der Waals surface area contributed by atoms with Crippen molar-refractivity contribution in [1.82, 2.24) is 0 Å². The number of nitrogens with two attached hydrogens (primary N) is 1. The number of benzene rings is 1. The van der Waals surface area contributed by atoms with Crippen LogP contribution in [0.3, 0.4) is 0 Å². The van der Waals surface area contributed by atoms with Gasteiger partial charge in [0.2, 0.25) is 0 Å². The molecule has 0 heterocycles. The van der Waals surface area contributed by atoms with Crippen LogP contribution >= 0.6 is 0 Å². The van der Waals surface area contributed by atoms with Crippen LogP contribution in [-0.4, -0.2) is 19.3 Å². The summed E-state index contributed by atoms with van der Waals surface area (Å²) in [5, 5.41) is 9.12. The molecule has 0 atom stereocenters. The minimum atomic E-state index is -0.114. The molecule has 0 aliphatic heterocycles. The number of para-hydroxylation sites is 1. The van der Waals surface area contributed by atoms with Crippen molar-refractivity contribution in [2.24, 2.45) is 16.6 Å². The molecule has 2 N–H and O–H groups in total. The van der Waals surface area contributed by atoms with Gasteiger partial charge in [-0.2, -0.15) is 5.26 Å². The molecular weight excluding hydrogens is 252 g/mol. The van der Waals surface area contributed by atoms with E-state index in [-0.39, 0.29) is 23.0 Å². The van der Waals surface area contributed by atoms with Gasteiger partial charge in [-0.1, -0.05) is 33.8 Å². The van der Waals surface area contributed by atoms with Gasteiger partial charge >= 0.3 is 0 Å². The highest BCUT2D eigenvalue weighted by molar-refractivity contribution is 5.52. The fourth-order valence-corrected chi connectivity index (χ4v) is 3.49. The molecule has 1 aliphatic carbocycles. The maximum atomic E-state index is 9.12. The second-order valence-corrected chi connectivity index (χ2v) is 6.57. The summed E-state index contributed by atoms with van der Waals surface area (Å²) in [4.78, 5) is 0. The summed E-state index contributed by atoms with van der Waals surface area (Å²) in [6.07, 6.45) is -0.0205. The molecule has 0 unspecified atom stereocenters. The van der Waals surface area contributed by atoms with E-state index >= 15 is 0 Å². The normalized spacial score (nSPS) is 26.2. The van der Waals surface area contributed by atoms with Crippen molar-refractivity contribution in [1.29, 1.82) is 5.26 Å². The molecule has 0 spiro atoms. The highest BCUT2D eigenvalue weighted by Gasteiger charge is 2.62. The molecule has 20 heavy (non-hydrogen) atoms. The minimum Gasteiger partial charge on any atom is -0.492 e. The van der Waals surface area contributed by atoms with E-state index in [0.717, 1.165) is 0 Å². The molecule has 0 aromatic heterocycles. The molecule has 0 radical (unpaired) electrons. The third-order valence-electron chi connectivity index (χ3n) is 4.50. The first-order chi connectivity index (χ1) is 9.26. The Morgan fingerprint density at radius 1 is 1.20 bits per heavy atom. The van der Waals surface area contributed by atoms with Gasteiger partial charge in [-0.3, -0.25) is 0 Å². The Balaban J connectivity index is 2.34. The van der Waals surface area contributed by atoms with Crippen LogP contribution in [0.25, 0.3) is 0 Å². The van der Waals surface area contributed by atoms with Gasteiger partial charge in [-0.25, -0.2) is 0 Å². The van der Waals surface area contributed by atoms with Gasteiger partial charge in [-0.15, -0.1) is 0 Å². The van der Waals surface area contributed by atoms with Crippen molar-refractivity contribution in [3.8, 4) is 17.6 Å². The topological polar surface area (TPSA) is 68.3 Å². The average molecular weight is 274 g/mol. The van der Waals surface area contributed by atoms with Gasteiger partial charge in [0.25, 0.3) is 0 Å². The van der Waals surface area contributed by atoms with Gasteiger partial charge in [0.15, 0.2) is 11.5 Å². The average Bonchev–Trinajstić information content (AvgIpc) is 2.42. The number of nitriles is 1. The minimum absolute atomic E-state index is 0.0205. The zero-order valence-corrected chi connectivity index (χ0v) is 12.7. The maximum Gasteiger partial charge on any atom is 0.178 e. The van der Waals surface area contributed by atoms with Crippen LogP contribution in [0.2, 0.25) is 0 Å². The van der Waals surface area contributed by atoms with Crippen LogP contribution in [0.4, 0.5) is 0 Å². The Bertz CT molecular complexity index is 542. The van der Waals surface area contributed by atoms with E-state index in [1.807, 2.05) is 6.07 Å². The van der Waals surface area contributed by atoms with Gasteiger partial charge in [0.1, 0.15) is 12.2 Å². The van der Waals surface area contributed by atoms with Gasteiger partial charge in [0.05, 0.1) is 12.7 Å². The predicted octanol–water partition coefficient (Wildman–Crippen LogP) is 2.71. The van der Waals surface area contributed by atoms with E-state index in [4.69, 9.17) is 20.5 Å². The fourth-order valence-electron chi connectivity index (χ4n) is 3.49. The SMILES string of the molecule is COc1c(C#N)cccc1OC1C(C)(C)C(N)C1(C)C. The molecule has 2 rings (SSSR count). The number of ether oxygens (including phenoxy) is 2. The van der Waals surface area contributed by atoms with E-state index in [1.165, 1.54) is 0 Å². The Kier molecular flexibility index (Phi) is 3.43. The quantitative estimate of drug-likeness (QED) is 0.920. The van der Waals surface area contributed by atoms with E-state index in [2.05, 4.69) is 33.8 Å². The monoisotopic (exact) mass is 274 g/mol. The van der Waals surface area contributed by atoms with Crippen molar-refractivity contribution in [2.45, 2.75) is 39.8 Å². The van der Waals surface area contributed by atoms with Crippen molar-refractivity contribution in [3.63, 3.8) is 0 Å². The third kappa shape index (κ3) is 1.94. The van der Waals surface area contributed by atoms with E-state index < -0.39 is 0 Å². The van der Waals surface area contributed by atoms with Crippen molar-refractivity contribution in [2.75, 3.05) is 7.11 Å². The summed E-state index contributed by atoms with van der Waals surface area (Å²) in [7, 11) is 1.55. The number of hydrogen-bond acceptors (Lipinski definition) is 4. The summed E-state index contributed by atoms with van der Waals surface area (Å²) in [6.45, 7) is 8.42. The summed E-state index contributed by atoms with van der Waals surface area (Å²) in [5.41, 5.74) is 6.49. The lowest BCUT2D eigenvalue weighted by Gasteiger charge is -2.61. The van der Waals surface area contributed by atoms with Crippen LogP contribution in [0, 0.1) is 22.2 Å². The lowest BCUT2D eigenvalue weighted by molar-refractivity contribution is -0.155. The molecule has 1 fully saturated rings. The van der Waals surface area contributed by atoms with Crippen LogP contribution in [0.15, 0.2) is 18.2 Å². The Morgan fingerprint density at radius 2 is 1.80 bits per heavy atom. The first-order valence-corrected chi connectivity index (χ1v) is 6.76. The highest BCUT2D eigenvalue weighted by atomic mass is 16.5. The summed E-state index contributed by atoms with van der Waals surface area (Å²) < 4.78 is 11.5. The standard InChI is InChI=1S/C16H22N2O2/c1-15(2)13(18)16(3,4)14(15)20-11-8-6-7-10(9-17)12(11)19-5/h6-8,13-14H,18H2,1-5H3. The Hall–Kier alpha value is -1.73. The van der Waals surface area contributed by atoms with Gasteiger partial charge in [-0.05, 0) is 12.1 Å². The van der Waals surface area contributed by atoms with Crippen LogP contribution < -0.4 is 15.2 Å². The van der Waals surface area contributed by atoms with E-state index in [9.17, 15) is 0 Å². The van der Waals surface area contributed by atoms with Crippen LogP contribution in [0.1, 0.15) is 33.3 Å². The molecular formula is C16H22N2O2.